The zero-order valence-electron chi connectivity index (χ0n) is 18.9. The standard InChI is InChI=1S/C26H32N2O3/c1-5-18(4)20-10-12-21(13-11-20)25(17(2)3)27-26(31)22-8-6-19(7-9-22)16-28-23(29)14-15-24(28)30/h6-13,17-18,25H,5,14-16H2,1-4H3,(H,27,31). The first-order valence-electron chi connectivity index (χ1n) is 11.1. The van der Waals surface area contributed by atoms with E-state index in [4.69, 9.17) is 0 Å². The zero-order chi connectivity index (χ0) is 22.5. The van der Waals surface area contributed by atoms with Crippen molar-refractivity contribution < 1.29 is 14.4 Å². The first-order valence-corrected chi connectivity index (χ1v) is 11.1. The van der Waals surface area contributed by atoms with Crippen LogP contribution in [0.2, 0.25) is 0 Å². The monoisotopic (exact) mass is 420 g/mol. The molecule has 1 fully saturated rings. The predicted molar refractivity (Wildman–Crippen MR) is 121 cm³/mol. The number of imide groups is 1. The van der Waals surface area contributed by atoms with Crippen LogP contribution in [-0.4, -0.2) is 22.6 Å². The van der Waals surface area contributed by atoms with Crippen LogP contribution >= 0.6 is 0 Å². The minimum atomic E-state index is -0.135. The van der Waals surface area contributed by atoms with Gasteiger partial charge in [-0.05, 0) is 47.1 Å². The number of amides is 3. The van der Waals surface area contributed by atoms with Gasteiger partial charge in [-0.3, -0.25) is 19.3 Å². The van der Waals surface area contributed by atoms with E-state index in [1.165, 1.54) is 10.5 Å². The van der Waals surface area contributed by atoms with E-state index in [9.17, 15) is 14.4 Å². The normalized spacial score (nSPS) is 16.0. The predicted octanol–water partition coefficient (Wildman–Crippen LogP) is 4.98. The van der Waals surface area contributed by atoms with Crippen LogP contribution in [0.25, 0.3) is 0 Å². The van der Waals surface area contributed by atoms with Crippen LogP contribution in [0.1, 0.15) is 86.0 Å². The SMILES string of the molecule is CCC(C)c1ccc(C(NC(=O)c2ccc(CN3C(=O)CCC3=O)cc2)C(C)C)cc1. The number of carbonyl (C=O) groups is 3. The summed E-state index contributed by atoms with van der Waals surface area (Å²) in [5.74, 6) is 0.358. The van der Waals surface area contributed by atoms with Crippen molar-refractivity contribution in [3.05, 3.63) is 70.8 Å². The van der Waals surface area contributed by atoms with Gasteiger partial charge in [-0.25, -0.2) is 0 Å². The lowest BCUT2D eigenvalue weighted by molar-refractivity contribution is -0.139. The Bertz CT molecular complexity index is 916. The fourth-order valence-electron chi connectivity index (χ4n) is 3.87. The summed E-state index contributed by atoms with van der Waals surface area (Å²) in [5, 5.41) is 3.16. The highest BCUT2D eigenvalue weighted by atomic mass is 16.2. The second-order valence-corrected chi connectivity index (χ2v) is 8.74. The molecule has 31 heavy (non-hydrogen) atoms. The highest BCUT2D eigenvalue weighted by Crippen LogP contribution is 2.26. The molecule has 1 N–H and O–H groups in total. The molecular weight excluding hydrogens is 388 g/mol. The van der Waals surface area contributed by atoms with Crippen molar-refractivity contribution in [2.24, 2.45) is 5.92 Å². The molecule has 0 aromatic heterocycles. The molecule has 1 heterocycles. The quantitative estimate of drug-likeness (QED) is 0.613. The summed E-state index contributed by atoms with van der Waals surface area (Å²) < 4.78 is 0. The maximum Gasteiger partial charge on any atom is 0.251 e. The Morgan fingerprint density at radius 2 is 1.45 bits per heavy atom. The Morgan fingerprint density at radius 3 is 1.97 bits per heavy atom. The molecule has 2 atom stereocenters. The van der Waals surface area contributed by atoms with Gasteiger partial charge >= 0.3 is 0 Å². The van der Waals surface area contributed by atoms with E-state index in [2.05, 4.69) is 57.3 Å². The Balaban J connectivity index is 1.68. The fraction of sp³-hybridized carbons (Fsp3) is 0.423. The summed E-state index contributed by atoms with van der Waals surface area (Å²) in [6.45, 7) is 8.86. The van der Waals surface area contributed by atoms with Crippen LogP contribution in [-0.2, 0) is 16.1 Å². The van der Waals surface area contributed by atoms with Crippen LogP contribution in [0.5, 0.6) is 0 Å². The molecule has 1 aliphatic rings. The molecule has 1 aliphatic heterocycles. The molecule has 0 aliphatic carbocycles. The molecule has 5 nitrogen and oxygen atoms in total. The number of nitrogens with zero attached hydrogens (tertiary/aromatic N) is 1. The van der Waals surface area contributed by atoms with Gasteiger partial charge in [-0.15, -0.1) is 0 Å². The van der Waals surface area contributed by atoms with Crippen LogP contribution in [0.4, 0.5) is 0 Å². The van der Waals surface area contributed by atoms with Crippen molar-refractivity contribution in [1.29, 1.82) is 0 Å². The van der Waals surface area contributed by atoms with Crippen molar-refractivity contribution >= 4 is 17.7 Å². The molecule has 0 bridgehead atoms. The van der Waals surface area contributed by atoms with Gasteiger partial charge in [0, 0.05) is 18.4 Å². The first kappa shape index (κ1) is 22.7. The fourth-order valence-corrected chi connectivity index (χ4v) is 3.87. The Labute approximate surface area is 184 Å². The minimum Gasteiger partial charge on any atom is -0.345 e. The molecule has 2 aromatic rings. The van der Waals surface area contributed by atoms with Gasteiger partial charge in [-0.1, -0.05) is 64.1 Å². The molecule has 2 aromatic carbocycles. The van der Waals surface area contributed by atoms with Gasteiger partial charge in [0.05, 0.1) is 12.6 Å². The number of benzene rings is 2. The van der Waals surface area contributed by atoms with Crippen molar-refractivity contribution in [3.63, 3.8) is 0 Å². The largest absolute Gasteiger partial charge is 0.345 e. The number of nitrogens with one attached hydrogen (secondary N) is 1. The summed E-state index contributed by atoms with van der Waals surface area (Å²) in [5.41, 5.74) is 3.80. The molecule has 5 heteroatoms. The topological polar surface area (TPSA) is 66.5 Å². The number of likely N-dealkylation sites (tertiary alicyclic amines) is 1. The maximum atomic E-state index is 12.9. The van der Waals surface area contributed by atoms with Gasteiger partial charge in [0.2, 0.25) is 11.8 Å². The van der Waals surface area contributed by atoms with E-state index >= 15 is 0 Å². The van der Waals surface area contributed by atoms with Gasteiger partial charge in [0.15, 0.2) is 0 Å². The van der Waals surface area contributed by atoms with Crippen molar-refractivity contribution in [2.75, 3.05) is 0 Å². The third-order valence-electron chi connectivity index (χ3n) is 6.14. The van der Waals surface area contributed by atoms with Crippen LogP contribution in [0, 0.1) is 5.92 Å². The van der Waals surface area contributed by atoms with Crippen molar-refractivity contribution in [2.45, 2.75) is 65.5 Å². The number of carbonyl (C=O) groups excluding carboxylic acids is 3. The van der Waals surface area contributed by atoms with Crippen molar-refractivity contribution in [3.8, 4) is 0 Å². The number of hydrogen-bond donors (Lipinski definition) is 1. The van der Waals surface area contributed by atoms with E-state index in [0.29, 0.717) is 11.5 Å². The zero-order valence-corrected chi connectivity index (χ0v) is 18.9. The Kier molecular flexibility index (Phi) is 7.26. The molecule has 3 rings (SSSR count). The summed E-state index contributed by atoms with van der Waals surface area (Å²) in [4.78, 5) is 37.8. The molecular formula is C26H32N2O3. The summed E-state index contributed by atoms with van der Waals surface area (Å²) in [6.07, 6.45) is 1.67. The van der Waals surface area contributed by atoms with E-state index in [1.807, 2.05) is 0 Å². The summed E-state index contributed by atoms with van der Waals surface area (Å²) in [7, 11) is 0. The van der Waals surface area contributed by atoms with Crippen LogP contribution in [0.15, 0.2) is 48.5 Å². The van der Waals surface area contributed by atoms with Gasteiger partial charge < -0.3 is 5.32 Å². The summed E-state index contributed by atoms with van der Waals surface area (Å²) >= 11 is 0. The van der Waals surface area contributed by atoms with Crippen LogP contribution in [0.3, 0.4) is 0 Å². The highest BCUT2D eigenvalue weighted by Gasteiger charge is 2.28. The Hall–Kier alpha value is -2.95. The van der Waals surface area contributed by atoms with E-state index in [-0.39, 0.29) is 49.1 Å². The van der Waals surface area contributed by atoms with Gasteiger partial charge in [0.1, 0.15) is 0 Å². The van der Waals surface area contributed by atoms with E-state index in [1.54, 1.807) is 24.3 Å². The van der Waals surface area contributed by atoms with Gasteiger partial charge in [-0.2, -0.15) is 0 Å². The number of rotatable bonds is 8. The Morgan fingerprint density at radius 1 is 0.903 bits per heavy atom. The average molecular weight is 421 g/mol. The first-order chi connectivity index (χ1) is 14.8. The van der Waals surface area contributed by atoms with Crippen LogP contribution < -0.4 is 5.32 Å². The highest BCUT2D eigenvalue weighted by molar-refractivity contribution is 6.01. The molecule has 2 unspecified atom stereocenters. The lowest BCUT2D eigenvalue weighted by Crippen LogP contribution is -2.32. The number of hydrogen-bond acceptors (Lipinski definition) is 3. The lowest BCUT2D eigenvalue weighted by Gasteiger charge is -2.24. The molecule has 0 radical (unpaired) electrons. The third-order valence-corrected chi connectivity index (χ3v) is 6.14. The van der Waals surface area contributed by atoms with E-state index < -0.39 is 0 Å². The molecule has 0 spiro atoms. The second-order valence-electron chi connectivity index (χ2n) is 8.74. The molecule has 0 saturated carbocycles. The molecule has 1 saturated heterocycles. The molecule has 164 valence electrons. The van der Waals surface area contributed by atoms with Gasteiger partial charge in [0.25, 0.3) is 5.91 Å². The minimum absolute atomic E-state index is 0.0852. The second kappa shape index (κ2) is 9.90. The lowest BCUT2D eigenvalue weighted by atomic mass is 9.92. The smallest absolute Gasteiger partial charge is 0.251 e. The van der Waals surface area contributed by atoms with E-state index in [0.717, 1.165) is 17.5 Å². The summed E-state index contributed by atoms with van der Waals surface area (Å²) in [6, 6.07) is 15.6. The average Bonchev–Trinajstić information content (AvgIpc) is 3.09. The third kappa shape index (κ3) is 5.40. The molecule has 3 amide bonds. The maximum absolute atomic E-state index is 12.9. The van der Waals surface area contributed by atoms with Crippen molar-refractivity contribution in [1.82, 2.24) is 10.2 Å².